The topological polar surface area (TPSA) is 163 Å². The molecule has 12 heteroatoms. The third kappa shape index (κ3) is 6.01. The number of fused-ring (bicyclic) bond motifs is 1. The highest BCUT2D eigenvalue weighted by molar-refractivity contribution is 7.89. The van der Waals surface area contributed by atoms with Crippen LogP contribution in [0.3, 0.4) is 0 Å². The first-order valence-electron chi connectivity index (χ1n) is 11.5. The van der Waals surface area contributed by atoms with Crippen LogP contribution in [0.5, 0.6) is 5.75 Å². The Bertz CT molecular complexity index is 1480. The molecular formula is C24H30N4O6S2. The van der Waals surface area contributed by atoms with E-state index in [2.05, 4.69) is 10.2 Å². The lowest BCUT2D eigenvalue weighted by Crippen LogP contribution is -2.33. The van der Waals surface area contributed by atoms with Gasteiger partial charge < -0.3 is 10.8 Å². The number of phenols is 1. The van der Waals surface area contributed by atoms with Gasteiger partial charge in [-0.25, -0.2) is 8.42 Å². The molecule has 0 aliphatic heterocycles. The molecule has 3 aromatic carbocycles. The number of benzene rings is 3. The molecule has 36 heavy (non-hydrogen) atoms. The highest BCUT2D eigenvalue weighted by Crippen LogP contribution is 2.40. The highest BCUT2D eigenvalue weighted by atomic mass is 32.2. The van der Waals surface area contributed by atoms with E-state index in [1.165, 1.54) is 34.6 Å². The number of hydrogen-bond acceptors (Lipinski definition) is 8. The number of unbranched alkanes of at least 4 members (excludes halogenated alkanes) is 2. The van der Waals surface area contributed by atoms with Gasteiger partial charge in [-0.15, -0.1) is 10.2 Å². The number of rotatable bonds is 11. The van der Waals surface area contributed by atoms with E-state index in [4.69, 9.17) is 5.73 Å². The minimum atomic E-state index is -4.56. The summed E-state index contributed by atoms with van der Waals surface area (Å²) in [6, 6.07) is 11.2. The average Bonchev–Trinajstić information content (AvgIpc) is 2.83. The minimum absolute atomic E-state index is 0.00218. The first-order chi connectivity index (χ1) is 17.0. The second kappa shape index (κ2) is 11.3. The fourth-order valence-corrected chi connectivity index (χ4v) is 5.87. The molecule has 0 bridgehead atoms. The Labute approximate surface area is 211 Å². The molecule has 0 unspecified atom stereocenters. The van der Waals surface area contributed by atoms with E-state index in [9.17, 15) is 26.5 Å². The zero-order chi connectivity index (χ0) is 26.5. The molecule has 4 N–H and O–H groups in total. The van der Waals surface area contributed by atoms with Gasteiger partial charge in [-0.05, 0) is 42.5 Å². The SMILES string of the molecule is CCCCN(CCCC)S(=O)(=O)c1ccccc1N=Nc1c(N)ccc2cc(S(=O)(=O)O)cc(O)c12. The van der Waals surface area contributed by atoms with Crippen molar-refractivity contribution in [3.8, 4) is 5.75 Å². The van der Waals surface area contributed by atoms with Crippen LogP contribution in [0, 0.1) is 0 Å². The normalized spacial score (nSPS) is 12.7. The molecule has 0 saturated heterocycles. The summed E-state index contributed by atoms with van der Waals surface area (Å²) in [5.74, 6) is -0.479. The van der Waals surface area contributed by atoms with Crippen molar-refractivity contribution in [1.82, 2.24) is 4.31 Å². The molecule has 0 atom stereocenters. The van der Waals surface area contributed by atoms with Gasteiger partial charge in [0.25, 0.3) is 10.1 Å². The van der Waals surface area contributed by atoms with Crippen LogP contribution in [-0.4, -0.2) is 43.9 Å². The van der Waals surface area contributed by atoms with Gasteiger partial charge in [-0.3, -0.25) is 4.55 Å². The van der Waals surface area contributed by atoms with Crippen molar-refractivity contribution in [2.24, 2.45) is 10.2 Å². The number of azo groups is 1. The fourth-order valence-electron chi connectivity index (χ4n) is 3.69. The zero-order valence-electron chi connectivity index (χ0n) is 20.1. The molecule has 0 aromatic heterocycles. The van der Waals surface area contributed by atoms with Gasteiger partial charge in [0.15, 0.2) is 0 Å². The van der Waals surface area contributed by atoms with Gasteiger partial charge >= 0.3 is 0 Å². The van der Waals surface area contributed by atoms with Crippen molar-refractivity contribution in [1.29, 1.82) is 0 Å². The molecule has 3 aromatic rings. The van der Waals surface area contributed by atoms with E-state index in [0.29, 0.717) is 13.1 Å². The van der Waals surface area contributed by atoms with Crippen LogP contribution in [0.2, 0.25) is 0 Å². The van der Waals surface area contributed by atoms with Crippen LogP contribution >= 0.6 is 0 Å². The maximum atomic E-state index is 13.5. The third-order valence-electron chi connectivity index (χ3n) is 5.64. The number of nitrogen functional groups attached to an aromatic ring is 1. The van der Waals surface area contributed by atoms with E-state index in [-0.39, 0.29) is 32.7 Å². The smallest absolute Gasteiger partial charge is 0.294 e. The van der Waals surface area contributed by atoms with Crippen molar-refractivity contribution < 1.29 is 26.5 Å². The number of sulfonamides is 1. The van der Waals surface area contributed by atoms with E-state index >= 15 is 0 Å². The zero-order valence-corrected chi connectivity index (χ0v) is 21.8. The van der Waals surface area contributed by atoms with E-state index in [1.54, 1.807) is 12.1 Å². The summed E-state index contributed by atoms with van der Waals surface area (Å²) in [5.41, 5.74) is 6.33. The molecule has 10 nitrogen and oxygen atoms in total. The Kier molecular flexibility index (Phi) is 8.67. The molecule has 0 radical (unpaired) electrons. The molecule has 0 aliphatic rings. The Morgan fingerprint density at radius 2 is 1.56 bits per heavy atom. The molecule has 0 saturated carbocycles. The fraction of sp³-hybridized carbons (Fsp3) is 0.333. The summed E-state index contributed by atoms with van der Waals surface area (Å²) >= 11 is 0. The Morgan fingerprint density at radius 1 is 0.917 bits per heavy atom. The standard InChI is InChI=1S/C24H30N4O6S2/c1-3-5-13-28(14-6-4-2)35(30,31)22-10-8-7-9-20(22)26-27-24-19(25)12-11-17-15-18(36(32,33)34)16-21(29)23(17)24/h7-12,15-16,29H,3-6,13-14,25H2,1-2H3,(H,32,33,34). The van der Waals surface area contributed by atoms with Crippen molar-refractivity contribution in [2.75, 3.05) is 18.8 Å². The number of hydrogen-bond donors (Lipinski definition) is 3. The Hall–Kier alpha value is -3.06. The maximum absolute atomic E-state index is 13.5. The predicted octanol–water partition coefficient (Wildman–Crippen LogP) is 5.38. The second-order valence-corrected chi connectivity index (χ2v) is 11.6. The van der Waals surface area contributed by atoms with Crippen molar-refractivity contribution in [3.05, 3.63) is 48.5 Å². The lowest BCUT2D eigenvalue weighted by molar-refractivity contribution is 0.395. The number of nitrogens with two attached hydrogens (primary N) is 1. The highest BCUT2D eigenvalue weighted by Gasteiger charge is 2.26. The van der Waals surface area contributed by atoms with Gasteiger partial charge in [0.2, 0.25) is 10.0 Å². The summed E-state index contributed by atoms with van der Waals surface area (Å²) in [6.45, 7) is 4.78. The molecule has 0 fully saturated rings. The Morgan fingerprint density at radius 3 is 2.17 bits per heavy atom. The van der Waals surface area contributed by atoms with Crippen LogP contribution in [0.4, 0.5) is 17.1 Å². The van der Waals surface area contributed by atoms with Crippen LogP contribution < -0.4 is 5.73 Å². The van der Waals surface area contributed by atoms with Crippen molar-refractivity contribution >= 4 is 48.0 Å². The number of anilines is 1. The van der Waals surface area contributed by atoms with Crippen LogP contribution in [0.15, 0.2) is 68.6 Å². The lowest BCUT2D eigenvalue weighted by Gasteiger charge is -2.22. The summed E-state index contributed by atoms with van der Waals surface area (Å²) in [6.07, 6.45) is 3.15. The first kappa shape index (κ1) is 27.5. The lowest BCUT2D eigenvalue weighted by atomic mass is 10.1. The minimum Gasteiger partial charge on any atom is -0.507 e. The molecule has 0 spiro atoms. The first-order valence-corrected chi connectivity index (χ1v) is 14.4. The summed E-state index contributed by atoms with van der Waals surface area (Å²) < 4.78 is 60.9. The molecule has 0 aliphatic carbocycles. The predicted molar refractivity (Wildman–Crippen MR) is 139 cm³/mol. The number of nitrogens with zero attached hydrogens (tertiary/aromatic N) is 3. The average molecular weight is 535 g/mol. The molecule has 194 valence electrons. The van der Waals surface area contributed by atoms with Gasteiger partial charge in [0.1, 0.15) is 22.0 Å². The summed E-state index contributed by atoms with van der Waals surface area (Å²) in [5, 5.41) is 19.2. The summed E-state index contributed by atoms with van der Waals surface area (Å²) in [4.78, 5) is -0.492. The monoisotopic (exact) mass is 534 g/mol. The van der Waals surface area contributed by atoms with Crippen molar-refractivity contribution in [3.63, 3.8) is 0 Å². The van der Waals surface area contributed by atoms with E-state index < -0.39 is 30.8 Å². The van der Waals surface area contributed by atoms with Gasteiger partial charge in [0.05, 0.1) is 16.0 Å². The molecule has 3 rings (SSSR count). The van der Waals surface area contributed by atoms with E-state index in [0.717, 1.165) is 31.7 Å². The summed E-state index contributed by atoms with van der Waals surface area (Å²) in [7, 11) is -8.41. The van der Waals surface area contributed by atoms with E-state index in [1.807, 2.05) is 13.8 Å². The second-order valence-electron chi connectivity index (χ2n) is 8.30. The van der Waals surface area contributed by atoms with Crippen molar-refractivity contribution in [2.45, 2.75) is 49.3 Å². The van der Waals surface area contributed by atoms with Crippen LogP contribution in [0.25, 0.3) is 10.8 Å². The third-order valence-corrected chi connectivity index (χ3v) is 8.41. The quantitative estimate of drug-likeness (QED) is 0.169. The maximum Gasteiger partial charge on any atom is 0.294 e. The molecular weight excluding hydrogens is 504 g/mol. The largest absolute Gasteiger partial charge is 0.507 e. The number of aromatic hydroxyl groups is 1. The number of phenolic OH excluding ortho intramolecular Hbond substituents is 1. The van der Waals surface area contributed by atoms with Gasteiger partial charge in [-0.1, -0.05) is 44.9 Å². The van der Waals surface area contributed by atoms with Gasteiger partial charge in [-0.2, -0.15) is 12.7 Å². The van der Waals surface area contributed by atoms with Gasteiger partial charge in [0, 0.05) is 19.2 Å². The molecule has 0 heterocycles. The van der Waals surface area contributed by atoms with Crippen LogP contribution in [-0.2, 0) is 20.1 Å². The Balaban J connectivity index is 2.10. The van der Waals surface area contributed by atoms with Crippen LogP contribution in [0.1, 0.15) is 39.5 Å². The molecule has 0 amide bonds.